The third-order valence-electron chi connectivity index (χ3n) is 5.56. The van der Waals surface area contributed by atoms with Crippen LogP contribution in [-0.4, -0.2) is 15.3 Å². The van der Waals surface area contributed by atoms with Gasteiger partial charge in [-0.1, -0.05) is 78.8 Å². The Morgan fingerprint density at radius 3 is 1.47 bits per heavy atom. The fraction of sp³-hybridized carbons (Fsp3) is 0.280. The first-order chi connectivity index (χ1) is 15.1. The molecule has 0 bridgehead atoms. The molecule has 0 aromatic heterocycles. The molecule has 0 aliphatic rings. The lowest BCUT2D eigenvalue weighted by Crippen LogP contribution is -2.01. The fourth-order valence-electron chi connectivity index (χ4n) is 3.86. The van der Waals surface area contributed by atoms with Crippen LogP contribution in [0.5, 0.6) is 17.2 Å². The van der Waals surface area contributed by atoms with Crippen LogP contribution in [0.15, 0.2) is 36.4 Å². The van der Waals surface area contributed by atoms with Crippen molar-refractivity contribution in [3.05, 3.63) is 84.3 Å². The molecule has 3 aromatic rings. The maximum atomic E-state index is 11.1. The van der Waals surface area contributed by atoms with E-state index in [2.05, 4.69) is 13.8 Å². The molecule has 3 rings (SSSR count). The fourth-order valence-corrected chi connectivity index (χ4v) is 4.93. The number of benzene rings is 3. The van der Waals surface area contributed by atoms with Gasteiger partial charge < -0.3 is 15.3 Å². The lowest BCUT2D eigenvalue weighted by atomic mass is 9.89. The summed E-state index contributed by atoms with van der Waals surface area (Å²) >= 11 is 24.4. The summed E-state index contributed by atoms with van der Waals surface area (Å²) < 4.78 is 0. The first-order valence-electron chi connectivity index (χ1n) is 10.3. The zero-order chi connectivity index (χ0) is 23.6. The predicted molar refractivity (Wildman–Crippen MR) is 133 cm³/mol. The van der Waals surface area contributed by atoms with E-state index in [1.807, 2.05) is 12.1 Å². The summed E-state index contributed by atoms with van der Waals surface area (Å²) in [5.41, 5.74) is 3.33. The highest BCUT2D eigenvalue weighted by molar-refractivity contribution is 6.36. The summed E-state index contributed by atoms with van der Waals surface area (Å²) in [4.78, 5) is 0. The number of hydrogen-bond acceptors (Lipinski definition) is 3. The van der Waals surface area contributed by atoms with Crippen LogP contribution in [0, 0.1) is 0 Å². The molecule has 7 heteroatoms. The van der Waals surface area contributed by atoms with Crippen molar-refractivity contribution in [1.29, 1.82) is 0 Å². The minimum Gasteiger partial charge on any atom is -0.507 e. The number of halogens is 4. The van der Waals surface area contributed by atoms with Crippen molar-refractivity contribution in [3.8, 4) is 17.2 Å². The van der Waals surface area contributed by atoms with E-state index in [0.29, 0.717) is 32.3 Å². The SMILES string of the molecule is CCC[C@H](C)c1cc(Cc2cc(Cl)cc(Cl)c2O)c(O)c(Cc2cc(Cl)cc(Cl)c2O)c1. The second kappa shape index (κ2) is 10.4. The van der Waals surface area contributed by atoms with Crippen LogP contribution in [-0.2, 0) is 12.8 Å². The van der Waals surface area contributed by atoms with Crippen LogP contribution in [0.4, 0.5) is 0 Å². The molecule has 0 heterocycles. The Kier molecular flexibility index (Phi) is 8.11. The van der Waals surface area contributed by atoms with Gasteiger partial charge in [-0.15, -0.1) is 0 Å². The molecule has 0 unspecified atom stereocenters. The van der Waals surface area contributed by atoms with Crippen LogP contribution in [0.1, 0.15) is 60.4 Å². The third-order valence-corrected chi connectivity index (χ3v) is 6.57. The molecule has 1 atom stereocenters. The van der Waals surface area contributed by atoms with Crippen molar-refractivity contribution in [2.75, 3.05) is 0 Å². The largest absolute Gasteiger partial charge is 0.507 e. The first kappa shape index (κ1) is 24.9. The van der Waals surface area contributed by atoms with E-state index in [4.69, 9.17) is 46.4 Å². The zero-order valence-corrected chi connectivity index (χ0v) is 20.7. The second-order valence-corrected chi connectivity index (χ2v) is 9.71. The maximum Gasteiger partial charge on any atom is 0.137 e. The summed E-state index contributed by atoms with van der Waals surface area (Å²) in [6.45, 7) is 4.25. The van der Waals surface area contributed by atoms with Gasteiger partial charge in [0.15, 0.2) is 0 Å². The molecule has 0 radical (unpaired) electrons. The molecular formula is C25H24Cl4O3. The molecule has 3 N–H and O–H groups in total. The van der Waals surface area contributed by atoms with Crippen LogP contribution >= 0.6 is 46.4 Å². The Morgan fingerprint density at radius 2 is 1.06 bits per heavy atom. The Hall–Kier alpha value is -1.78. The number of aromatic hydroxyl groups is 3. The van der Waals surface area contributed by atoms with Crippen LogP contribution < -0.4 is 0 Å². The third kappa shape index (κ3) is 5.58. The molecule has 0 saturated heterocycles. The number of hydrogen-bond donors (Lipinski definition) is 3. The molecule has 3 aromatic carbocycles. The average Bonchev–Trinajstić information content (AvgIpc) is 2.72. The van der Waals surface area contributed by atoms with Gasteiger partial charge in [0.25, 0.3) is 0 Å². The van der Waals surface area contributed by atoms with Gasteiger partial charge in [-0.25, -0.2) is 0 Å². The van der Waals surface area contributed by atoms with Crippen LogP contribution in [0.3, 0.4) is 0 Å². The molecule has 0 spiro atoms. The van der Waals surface area contributed by atoms with Gasteiger partial charge in [-0.3, -0.25) is 0 Å². The predicted octanol–water partition coefficient (Wildman–Crippen LogP) is 8.50. The van der Waals surface area contributed by atoms with Gasteiger partial charge in [-0.2, -0.15) is 0 Å². The smallest absolute Gasteiger partial charge is 0.137 e. The quantitative estimate of drug-likeness (QED) is 0.296. The summed E-state index contributed by atoms with van der Waals surface area (Å²) in [7, 11) is 0. The van der Waals surface area contributed by atoms with Crippen molar-refractivity contribution in [1.82, 2.24) is 0 Å². The Bertz CT molecular complexity index is 1060. The van der Waals surface area contributed by atoms with Gasteiger partial charge in [-0.05, 0) is 53.3 Å². The van der Waals surface area contributed by atoms with Gasteiger partial charge in [0.1, 0.15) is 17.2 Å². The van der Waals surface area contributed by atoms with Crippen LogP contribution in [0.25, 0.3) is 0 Å². The molecule has 170 valence electrons. The molecule has 0 fully saturated rings. The summed E-state index contributed by atoms with van der Waals surface area (Å²) in [5.74, 6) is 0.196. The van der Waals surface area contributed by atoms with Crippen molar-refractivity contribution in [2.24, 2.45) is 0 Å². The van der Waals surface area contributed by atoms with Gasteiger partial charge >= 0.3 is 0 Å². The summed E-state index contributed by atoms with van der Waals surface area (Å²) in [5, 5.41) is 33.0. The first-order valence-corrected chi connectivity index (χ1v) is 11.8. The second-order valence-electron chi connectivity index (χ2n) is 8.02. The van der Waals surface area contributed by atoms with E-state index in [0.717, 1.165) is 18.4 Å². The highest BCUT2D eigenvalue weighted by atomic mass is 35.5. The van der Waals surface area contributed by atoms with E-state index in [1.54, 1.807) is 12.1 Å². The molecule has 0 saturated carbocycles. The molecule has 0 amide bonds. The van der Waals surface area contributed by atoms with Crippen LogP contribution in [0.2, 0.25) is 20.1 Å². The number of phenols is 3. The van der Waals surface area contributed by atoms with E-state index in [9.17, 15) is 15.3 Å². The summed E-state index contributed by atoms with van der Waals surface area (Å²) in [6.07, 6.45) is 2.47. The Balaban J connectivity index is 2.11. The lowest BCUT2D eigenvalue weighted by Gasteiger charge is -2.18. The van der Waals surface area contributed by atoms with Crippen molar-refractivity contribution in [3.63, 3.8) is 0 Å². The van der Waals surface area contributed by atoms with Crippen molar-refractivity contribution >= 4 is 46.4 Å². The minimum absolute atomic E-state index is 0.0664. The van der Waals surface area contributed by atoms with Crippen molar-refractivity contribution in [2.45, 2.75) is 45.4 Å². The topological polar surface area (TPSA) is 60.7 Å². The van der Waals surface area contributed by atoms with Crippen molar-refractivity contribution < 1.29 is 15.3 Å². The minimum atomic E-state index is -0.0664. The number of rotatable bonds is 7. The van der Waals surface area contributed by atoms with E-state index >= 15 is 0 Å². The molecule has 0 aliphatic carbocycles. The summed E-state index contributed by atoms with van der Waals surface area (Å²) in [6, 6.07) is 10.1. The zero-order valence-electron chi connectivity index (χ0n) is 17.7. The molecular weight excluding hydrogens is 490 g/mol. The number of phenolic OH excluding ortho intramolecular Hbond substituents is 3. The average molecular weight is 514 g/mol. The molecule has 32 heavy (non-hydrogen) atoms. The monoisotopic (exact) mass is 512 g/mol. The highest BCUT2D eigenvalue weighted by Gasteiger charge is 2.18. The van der Waals surface area contributed by atoms with E-state index < -0.39 is 0 Å². The maximum absolute atomic E-state index is 11.1. The normalized spacial score (nSPS) is 12.2. The van der Waals surface area contributed by atoms with E-state index in [1.165, 1.54) is 12.1 Å². The van der Waals surface area contributed by atoms with Gasteiger partial charge in [0.2, 0.25) is 0 Å². The Labute approximate surface area is 208 Å². The molecule has 3 nitrogen and oxygen atoms in total. The molecule has 0 aliphatic heterocycles. The Morgan fingerprint density at radius 1 is 0.656 bits per heavy atom. The standard InChI is InChI=1S/C25H24Cl4O3/c1-3-4-13(2)14-5-15(7-17-9-19(26)11-21(28)24(17)31)23(30)16(6-14)8-18-10-20(27)12-22(29)25(18)32/h5-6,9-13,30-32H,3-4,7-8H2,1-2H3/t13-/m0/s1. The van der Waals surface area contributed by atoms with Gasteiger partial charge in [0.05, 0.1) is 10.0 Å². The highest BCUT2D eigenvalue weighted by Crippen LogP contribution is 2.39. The van der Waals surface area contributed by atoms with Gasteiger partial charge in [0, 0.05) is 34.0 Å². The van der Waals surface area contributed by atoms with E-state index in [-0.39, 0.29) is 46.1 Å². The lowest BCUT2D eigenvalue weighted by molar-refractivity contribution is 0.456.